The van der Waals surface area contributed by atoms with E-state index in [-0.39, 0.29) is 18.1 Å². The van der Waals surface area contributed by atoms with Crippen molar-refractivity contribution < 1.29 is 14.2 Å². The Bertz CT molecular complexity index is 753. The van der Waals surface area contributed by atoms with Crippen LogP contribution in [-0.2, 0) is 11.3 Å². The number of phenols is 1. The summed E-state index contributed by atoms with van der Waals surface area (Å²) >= 11 is 3.34. The van der Waals surface area contributed by atoms with Crippen LogP contribution in [0.2, 0.25) is 0 Å². The van der Waals surface area contributed by atoms with Gasteiger partial charge >= 0.3 is 0 Å². The van der Waals surface area contributed by atoms with Crippen molar-refractivity contribution in [3.8, 4) is 5.75 Å². The molecule has 0 atom stereocenters. The first-order valence-corrected chi connectivity index (χ1v) is 8.56. The number of nitrogens with zero attached hydrogens (tertiary/aromatic N) is 1. The number of rotatable bonds is 6. The quantitative estimate of drug-likeness (QED) is 0.293. The Hall–Kier alpha value is -2.12. The maximum atomic E-state index is 13.9. The number of hydrogen-bond acceptors (Lipinski definition) is 3. The zero-order chi connectivity index (χ0) is 18.2. The van der Waals surface area contributed by atoms with Crippen molar-refractivity contribution in [2.45, 2.75) is 13.5 Å². The summed E-state index contributed by atoms with van der Waals surface area (Å²) in [4.78, 5) is 4.44. The molecule has 0 radical (unpaired) electrons. The molecule has 0 saturated heterocycles. The smallest absolute Gasteiger partial charge is 0.196 e. The minimum atomic E-state index is -0.302. The molecule has 0 bridgehead atoms. The van der Waals surface area contributed by atoms with Gasteiger partial charge in [-0.05, 0) is 48.9 Å². The van der Waals surface area contributed by atoms with Gasteiger partial charge in [-0.15, -0.1) is 0 Å². The van der Waals surface area contributed by atoms with Crippen LogP contribution in [0.5, 0.6) is 5.75 Å². The Morgan fingerprint density at radius 3 is 2.80 bits per heavy atom. The maximum Gasteiger partial charge on any atom is 0.196 e. The fourth-order valence-corrected chi connectivity index (χ4v) is 2.56. The molecule has 0 aromatic heterocycles. The number of nitrogens with one attached hydrogen (secondary N) is 2. The number of hydrogen-bond donors (Lipinski definition) is 3. The van der Waals surface area contributed by atoms with E-state index in [4.69, 9.17) is 4.74 Å². The Morgan fingerprint density at radius 2 is 2.08 bits per heavy atom. The van der Waals surface area contributed by atoms with Gasteiger partial charge in [0.05, 0.1) is 13.2 Å². The number of halogens is 2. The number of guanidine groups is 1. The Kier molecular flexibility index (Phi) is 7.21. The minimum Gasteiger partial charge on any atom is -0.508 e. The summed E-state index contributed by atoms with van der Waals surface area (Å²) in [5, 5.41) is 15.8. The van der Waals surface area contributed by atoms with Crippen LogP contribution in [-0.4, -0.2) is 31.3 Å². The van der Waals surface area contributed by atoms with Crippen LogP contribution >= 0.6 is 15.9 Å². The molecule has 2 rings (SSSR count). The highest BCUT2D eigenvalue weighted by Crippen LogP contribution is 2.20. The largest absolute Gasteiger partial charge is 0.508 e. The molecule has 2 aromatic carbocycles. The molecule has 25 heavy (non-hydrogen) atoms. The van der Waals surface area contributed by atoms with Crippen LogP contribution in [0.25, 0.3) is 0 Å². The third kappa shape index (κ3) is 6.03. The fourth-order valence-electron chi connectivity index (χ4n) is 2.16. The standard InChI is InChI=1S/C18H21BrFN3O2/c1-12-9-15(24)4-6-17(12)23-18(21-7-8-25-2)22-11-13-10-14(19)3-5-16(13)20/h3-6,9-10,24H,7-8,11H2,1-2H3,(H2,21,22,23). The van der Waals surface area contributed by atoms with E-state index in [0.717, 1.165) is 15.7 Å². The van der Waals surface area contributed by atoms with Crippen LogP contribution in [0.4, 0.5) is 10.1 Å². The van der Waals surface area contributed by atoms with Crippen LogP contribution in [0.1, 0.15) is 11.1 Å². The molecule has 5 nitrogen and oxygen atoms in total. The Balaban J connectivity index is 2.17. The van der Waals surface area contributed by atoms with Gasteiger partial charge in [0.1, 0.15) is 11.6 Å². The molecule has 3 N–H and O–H groups in total. The number of aromatic hydroxyl groups is 1. The van der Waals surface area contributed by atoms with Gasteiger partial charge < -0.3 is 20.5 Å². The van der Waals surface area contributed by atoms with E-state index in [1.165, 1.54) is 6.07 Å². The molecule has 134 valence electrons. The topological polar surface area (TPSA) is 65.9 Å². The van der Waals surface area contributed by atoms with Gasteiger partial charge in [-0.25, -0.2) is 9.38 Å². The summed E-state index contributed by atoms with van der Waals surface area (Å²) in [5.41, 5.74) is 2.16. The molecule has 0 aliphatic heterocycles. The molecular formula is C18H21BrFN3O2. The van der Waals surface area contributed by atoms with Crippen LogP contribution in [0.15, 0.2) is 45.9 Å². The number of aliphatic imine (C=N–C) groups is 1. The number of ether oxygens (including phenoxy) is 1. The van der Waals surface area contributed by atoms with Crippen LogP contribution < -0.4 is 10.6 Å². The highest BCUT2D eigenvalue weighted by molar-refractivity contribution is 9.10. The second-order valence-electron chi connectivity index (χ2n) is 5.44. The molecule has 0 fully saturated rings. The third-order valence-corrected chi connectivity index (χ3v) is 3.97. The van der Waals surface area contributed by atoms with Gasteiger partial charge in [0, 0.05) is 29.4 Å². The van der Waals surface area contributed by atoms with Crippen molar-refractivity contribution in [3.05, 3.63) is 57.8 Å². The molecule has 0 unspecified atom stereocenters. The summed E-state index contributed by atoms with van der Waals surface area (Å²) in [5.74, 6) is 0.402. The first kappa shape index (κ1) is 19.2. The number of phenolic OH excluding ortho intramolecular Hbond substituents is 1. The maximum absolute atomic E-state index is 13.9. The Labute approximate surface area is 155 Å². The first-order valence-electron chi connectivity index (χ1n) is 7.77. The molecule has 0 aliphatic rings. The predicted octanol–water partition coefficient (Wildman–Crippen LogP) is 3.81. The average Bonchev–Trinajstić information content (AvgIpc) is 2.57. The summed E-state index contributed by atoms with van der Waals surface area (Å²) in [6.07, 6.45) is 0. The van der Waals surface area contributed by atoms with E-state index in [1.54, 1.807) is 37.4 Å². The van der Waals surface area contributed by atoms with Gasteiger partial charge in [-0.2, -0.15) is 0 Å². The highest BCUT2D eigenvalue weighted by Gasteiger charge is 2.06. The number of aryl methyl sites for hydroxylation is 1. The average molecular weight is 410 g/mol. The molecule has 0 heterocycles. The molecule has 7 heteroatoms. The molecule has 0 saturated carbocycles. The first-order chi connectivity index (χ1) is 12.0. The van der Waals surface area contributed by atoms with Gasteiger partial charge in [-0.1, -0.05) is 15.9 Å². The normalized spacial score (nSPS) is 11.4. The monoisotopic (exact) mass is 409 g/mol. The van der Waals surface area contributed by atoms with Gasteiger partial charge in [0.25, 0.3) is 0 Å². The second-order valence-corrected chi connectivity index (χ2v) is 6.36. The predicted molar refractivity (Wildman–Crippen MR) is 102 cm³/mol. The van der Waals surface area contributed by atoms with Gasteiger partial charge in [-0.3, -0.25) is 0 Å². The van der Waals surface area contributed by atoms with Crippen molar-refractivity contribution in [2.75, 3.05) is 25.6 Å². The van der Waals surface area contributed by atoms with E-state index >= 15 is 0 Å². The summed E-state index contributed by atoms with van der Waals surface area (Å²) < 4.78 is 19.7. The van der Waals surface area contributed by atoms with E-state index in [9.17, 15) is 9.50 Å². The van der Waals surface area contributed by atoms with E-state index in [1.807, 2.05) is 6.92 Å². The lowest BCUT2D eigenvalue weighted by molar-refractivity contribution is 0.204. The van der Waals surface area contributed by atoms with Crippen molar-refractivity contribution >= 4 is 27.6 Å². The lowest BCUT2D eigenvalue weighted by Crippen LogP contribution is -2.33. The summed E-state index contributed by atoms with van der Waals surface area (Å²) in [6, 6.07) is 9.78. The second kappa shape index (κ2) is 9.39. The molecule has 2 aromatic rings. The van der Waals surface area contributed by atoms with Crippen LogP contribution in [0, 0.1) is 12.7 Å². The molecule has 0 amide bonds. The van der Waals surface area contributed by atoms with Crippen molar-refractivity contribution in [3.63, 3.8) is 0 Å². The van der Waals surface area contributed by atoms with E-state index < -0.39 is 0 Å². The number of anilines is 1. The van der Waals surface area contributed by atoms with Crippen molar-refractivity contribution in [1.82, 2.24) is 5.32 Å². The summed E-state index contributed by atoms with van der Waals surface area (Å²) in [6.45, 7) is 3.13. The zero-order valence-corrected chi connectivity index (χ0v) is 15.7. The fraction of sp³-hybridized carbons (Fsp3) is 0.278. The molecular weight excluding hydrogens is 389 g/mol. The van der Waals surface area contributed by atoms with Gasteiger partial charge in [0.15, 0.2) is 5.96 Å². The molecule has 0 spiro atoms. The van der Waals surface area contributed by atoms with Gasteiger partial charge in [0.2, 0.25) is 0 Å². The van der Waals surface area contributed by atoms with Crippen LogP contribution in [0.3, 0.4) is 0 Å². The molecule has 0 aliphatic carbocycles. The number of benzene rings is 2. The van der Waals surface area contributed by atoms with E-state index in [0.29, 0.717) is 24.7 Å². The van der Waals surface area contributed by atoms with E-state index in [2.05, 4.69) is 31.6 Å². The summed E-state index contributed by atoms with van der Waals surface area (Å²) in [7, 11) is 1.62. The number of methoxy groups -OCH3 is 1. The Morgan fingerprint density at radius 1 is 1.28 bits per heavy atom. The SMILES string of the molecule is COCCNC(=NCc1cc(Br)ccc1F)Nc1ccc(O)cc1C. The lowest BCUT2D eigenvalue weighted by atomic mass is 10.2. The van der Waals surface area contributed by atoms with Crippen molar-refractivity contribution in [1.29, 1.82) is 0 Å². The lowest BCUT2D eigenvalue weighted by Gasteiger charge is -2.14. The minimum absolute atomic E-state index is 0.185. The third-order valence-electron chi connectivity index (χ3n) is 3.48. The highest BCUT2D eigenvalue weighted by atomic mass is 79.9. The van der Waals surface area contributed by atoms with Crippen molar-refractivity contribution in [2.24, 2.45) is 4.99 Å². The zero-order valence-electron chi connectivity index (χ0n) is 14.1.